The second kappa shape index (κ2) is 3.15. The molecule has 2 spiro atoms. The number of carbonyl (C=O) groups is 1. The Balaban J connectivity index is 1.66. The first-order valence-electron chi connectivity index (χ1n) is 9.25. The Labute approximate surface area is 129 Å². The van der Waals surface area contributed by atoms with E-state index >= 15 is 0 Å². The Bertz CT molecular complexity index is 562. The molecule has 0 aromatic heterocycles. The SMILES string of the molecule is CC12CC3C4(CC[C@H]5C(C)(C)CCC[C@]5(C)[C@]34C1)CC2=O. The number of Topliss-reactive ketones (excluding diaryl/α,β-unsaturated/α-hetero) is 1. The van der Waals surface area contributed by atoms with Crippen molar-refractivity contribution in [1.82, 2.24) is 0 Å². The van der Waals surface area contributed by atoms with E-state index in [0.717, 1.165) is 18.3 Å². The maximum absolute atomic E-state index is 12.6. The summed E-state index contributed by atoms with van der Waals surface area (Å²) in [5, 5.41) is 0. The first kappa shape index (κ1) is 13.1. The van der Waals surface area contributed by atoms with Crippen molar-refractivity contribution in [2.75, 3.05) is 0 Å². The van der Waals surface area contributed by atoms with E-state index in [1.807, 2.05) is 0 Å². The third kappa shape index (κ3) is 1.07. The van der Waals surface area contributed by atoms with Crippen LogP contribution in [0.15, 0.2) is 0 Å². The molecule has 4 bridgehead atoms. The summed E-state index contributed by atoms with van der Waals surface area (Å²) < 4.78 is 0. The molecule has 21 heavy (non-hydrogen) atoms. The van der Waals surface area contributed by atoms with Gasteiger partial charge in [0.2, 0.25) is 0 Å². The van der Waals surface area contributed by atoms with E-state index < -0.39 is 0 Å². The van der Waals surface area contributed by atoms with Gasteiger partial charge < -0.3 is 0 Å². The highest BCUT2D eigenvalue weighted by Crippen LogP contribution is 2.95. The largest absolute Gasteiger partial charge is 0.299 e. The molecule has 0 heterocycles. The molecule has 6 fully saturated rings. The molecule has 116 valence electrons. The molecule has 0 amide bonds. The average molecular weight is 286 g/mol. The molecule has 0 aromatic rings. The van der Waals surface area contributed by atoms with Gasteiger partial charge in [-0.3, -0.25) is 4.79 Å². The van der Waals surface area contributed by atoms with E-state index in [9.17, 15) is 4.79 Å². The first-order valence-corrected chi connectivity index (χ1v) is 9.25. The smallest absolute Gasteiger partial charge is 0.139 e. The van der Waals surface area contributed by atoms with E-state index in [2.05, 4.69) is 27.7 Å². The third-order valence-corrected chi connectivity index (χ3v) is 9.67. The number of hydrogen-bond acceptors (Lipinski definition) is 1. The van der Waals surface area contributed by atoms with E-state index in [0.29, 0.717) is 27.4 Å². The minimum absolute atomic E-state index is 0.0545. The van der Waals surface area contributed by atoms with Crippen molar-refractivity contribution in [3.63, 3.8) is 0 Å². The zero-order chi connectivity index (χ0) is 14.9. The summed E-state index contributed by atoms with van der Waals surface area (Å²) in [5.41, 5.74) is 2.11. The molecule has 0 aromatic carbocycles. The van der Waals surface area contributed by atoms with Crippen molar-refractivity contribution < 1.29 is 4.79 Å². The molecule has 0 N–H and O–H groups in total. The van der Waals surface area contributed by atoms with Crippen LogP contribution in [0.5, 0.6) is 0 Å². The second-order valence-electron chi connectivity index (χ2n) is 10.6. The van der Waals surface area contributed by atoms with Gasteiger partial charge in [0.15, 0.2) is 0 Å². The Hall–Kier alpha value is -0.330. The van der Waals surface area contributed by atoms with Crippen molar-refractivity contribution in [3.8, 4) is 0 Å². The fraction of sp³-hybridized carbons (Fsp3) is 0.950. The van der Waals surface area contributed by atoms with Crippen molar-refractivity contribution in [1.29, 1.82) is 0 Å². The minimum Gasteiger partial charge on any atom is -0.299 e. The maximum Gasteiger partial charge on any atom is 0.139 e. The van der Waals surface area contributed by atoms with Gasteiger partial charge in [-0.1, -0.05) is 34.1 Å². The van der Waals surface area contributed by atoms with E-state index in [-0.39, 0.29) is 5.41 Å². The number of fused-ring (bicyclic) bond motifs is 2. The predicted molar refractivity (Wildman–Crippen MR) is 83.8 cm³/mol. The Morgan fingerprint density at radius 2 is 1.76 bits per heavy atom. The van der Waals surface area contributed by atoms with Gasteiger partial charge in [-0.15, -0.1) is 0 Å². The molecule has 0 aliphatic heterocycles. The second-order valence-corrected chi connectivity index (χ2v) is 10.6. The fourth-order valence-electron chi connectivity index (χ4n) is 8.98. The van der Waals surface area contributed by atoms with E-state index in [1.54, 1.807) is 0 Å². The van der Waals surface area contributed by atoms with Crippen LogP contribution in [0.4, 0.5) is 0 Å². The lowest BCUT2D eigenvalue weighted by Gasteiger charge is -2.61. The number of carbonyl (C=O) groups excluding carboxylic acids is 1. The molecule has 1 heteroatoms. The molecule has 6 atom stereocenters. The third-order valence-electron chi connectivity index (χ3n) is 9.67. The van der Waals surface area contributed by atoms with Crippen molar-refractivity contribution in [2.45, 2.75) is 79.1 Å². The predicted octanol–water partition coefficient (Wildman–Crippen LogP) is 4.99. The van der Waals surface area contributed by atoms with E-state index in [1.165, 1.54) is 44.9 Å². The van der Waals surface area contributed by atoms with Crippen molar-refractivity contribution in [3.05, 3.63) is 0 Å². The minimum atomic E-state index is 0.0545. The van der Waals surface area contributed by atoms with Gasteiger partial charge in [-0.25, -0.2) is 0 Å². The molecular formula is C20H30O. The first-order chi connectivity index (χ1) is 9.72. The number of rotatable bonds is 0. The number of hydrogen-bond donors (Lipinski definition) is 0. The molecule has 6 aliphatic rings. The van der Waals surface area contributed by atoms with Gasteiger partial charge in [-0.2, -0.15) is 0 Å². The monoisotopic (exact) mass is 286 g/mol. The van der Waals surface area contributed by atoms with Crippen LogP contribution in [0.2, 0.25) is 0 Å². The molecule has 0 saturated heterocycles. The Kier molecular flexibility index (Phi) is 1.97. The van der Waals surface area contributed by atoms with Crippen molar-refractivity contribution in [2.24, 2.45) is 38.9 Å². The van der Waals surface area contributed by atoms with Crippen LogP contribution >= 0.6 is 0 Å². The Morgan fingerprint density at radius 1 is 1.00 bits per heavy atom. The molecule has 3 unspecified atom stereocenters. The fourth-order valence-corrected chi connectivity index (χ4v) is 8.98. The van der Waals surface area contributed by atoms with Gasteiger partial charge in [0.05, 0.1) is 0 Å². The summed E-state index contributed by atoms with van der Waals surface area (Å²) in [6, 6.07) is 0. The summed E-state index contributed by atoms with van der Waals surface area (Å²) in [6.45, 7) is 10.00. The number of ketones is 1. The molecule has 0 radical (unpaired) electrons. The lowest BCUT2D eigenvalue weighted by molar-refractivity contribution is -0.151. The topological polar surface area (TPSA) is 17.1 Å². The molecule has 1 nitrogen and oxygen atoms in total. The lowest BCUT2D eigenvalue weighted by atomic mass is 9.43. The lowest BCUT2D eigenvalue weighted by Crippen LogP contribution is -2.55. The molecule has 6 aliphatic carbocycles. The molecular weight excluding hydrogens is 256 g/mol. The maximum atomic E-state index is 12.6. The highest BCUT2D eigenvalue weighted by Gasteiger charge is 2.90. The van der Waals surface area contributed by atoms with Crippen LogP contribution in [0.25, 0.3) is 0 Å². The Morgan fingerprint density at radius 3 is 2.52 bits per heavy atom. The highest BCUT2D eigenvalue weighted by molar-refractivity contribution is 5.89. The highest BCUT2D eigenvalue weighted by atomic mass is 16.1. The molecule has 6 saturated carbocycles. The van der Waals surface area contributed by atoms with Gasteiger partial charge in [0.25, 0.3) is 0 Å². The summed E-state index contributed by atoms with van der Waals surface area (Å²) in [5.74, 6) is 2.41. The van der Waals surface area contributed by atoms with Crippen LogP contribution in [-0.2, 0) is 4.79 Å². The van der Waals surface area contributed by atoms with Crippen LogP contribution in [-0.4, -0.2) is 5.78 Å². The van der Waals surface area contributed by atoms with Gasteiger partial charge in [0.1, 0.15) is 5.78 Å². The average Bonchev–Trinajstić information content (AvgIpc) is 2.78. The van der Waals surface area contributed by atoms with Crippen LogP contribution in [0, 0.1) is 38.9 Å². The van der Waals surface area contributed by atoms with Crippen LogP contribution < -0.4 is 0 Å². The van der Waals surface area contributed by atoms with Gasteiger partial charge in [0, 0.05) is 11.8 Å². The zero-order valence-corrected chi connectivity index (χ0v) is 14.2. The normalized spacial score (nSPS) is 63.0. The van der Waals surface area contributed by atoms with E-state index in [4.69, 9.17) is 0 Å². The molecule has 6 rings (SSSR count). The standard InChI is InChI=1S/C20H30O/c1-16(2)7-5-8-18(4)13(16)6-9-19-11-15(21)17(3)10-14(19)20(18,19)12-17/h13-14H,5-12H2,1-4H3/t13-,14?,17?,18-,19?,20-/m0/s1. The summed E-state index contributed by atoms with van der Waals surface area (Å²) in [6.07, 6.45) is 10.4. The summed E-state index contributed by atoms with van der Waals surface area (Å²) in [7, 11) is 0. The van der Waals surface area contributed by atoms with Crippen LogP contribution in [0.1, 0.15) is 79.1 Å². The zero-order valence-electron chi connectivity index (χ0n) is 14.2. The summed E-state index contributed by atoms with van der Waals surface area (Å²) >= 11 is 0. The summed E-state index contributed by atoms with van der Waals surface area (Å²) in [4.78, 5) is 12.6. The van der Waals surface area contributed by atoms with Gasteiger partial charge >= 0.3 is 0 Å². The van der Waals surface area contributed by atoms with Gasteiger partial charge in [-0.05, 0) is 72.0 Å². The van der Waals surface area contributed by atoms with Crippen molar-refractivity contribution >= 4 is 5.78 Å². The van der Waals surface area contributed by atoms with Crippen LogP contribution in [0.3, 0.4) is 0 Å². The quantitative estimate of drug-likeness (QED) is 0.613.